The quantitative estimate of drug-likeness (QED) is 0.491. The fourth-order valence-corrected chi connectivity index (χ4v) is 10.8. The third-order valence-electron chi connectivity index (χ3n) is 5.70. The van der Waals surface area contributed by atoms with Gasteiger partial charge in [0.1, 0.15) is 0 Å². The minimum atomic E-state index is -5.34. The van der Waals surface area contributed by atoms with Crippen LogP contribution in [0.15, 0.2) is 60.7 Å². The molecule has 0 unspecified atom stereocenters. The van der Waals surface area contributed by atoms with Crippen molar-refractivity contribution in [2.75, 3.05) is 28.2 Å². The molecule has 2 aliphatic rings. The first-order valence-electron chi connectivity index (χ1n) is 10.7. The van der Waals surface area contributed by atoms with Crippen LogP contribution in [0, 0.1) is 6.92 Å². The van der Waals surface area contributed by atoms with Crippen molar-refractivity contribution in [3.8, 4) is 23.0 Å². The molecule has 0 fully saturated rings. The molecule has 9 heteroatoms. The zero-order chi connectivity index (χ0) is 24.3. The summed E-state index contributed by atoms with van der Waals surface area (Å²) < 4.78 is 26.8. The molecule has 0 aliphatic carbocycles. The average molecular weight is 524 g/mol. The third-order valence-corrected chi connectivity index (χ3v) is 12.3. The maximum atomic E-state index is 12.9. The van der Waals surface area contributed by atoms with Crippen molar-refractivity contribution < 1.29 is 24.5 Å². The molecule has 3 aromatic rings. The molecule has 176 valence electrons. The second kappa shape index (κ2) is 7.43. The van der Waals surface area contributed by atoms with E-state index in [0.717, 1.165) is 5.56 Å². The first kappa shape index (κ1) is 22.2. The normalized spacial score (nSPS) is 17.0. The number of hydrogen-bond acceptors (Lipinski definition) is 6. The molecule has 34 heavy (non-hydrogen) atoms. The molecule has 0 radical (unpaired) electrons. The number of hydrogen-bond donors (Lipinski definition) is 0. The SMILES string of the molecule is Cc1ccc([As]23(Oc4cccc(C(=O)N(C)C)c4O2)Oc2cccc(C(=O)N(C)C)c2O3)cc1. The molecule has 8 nitrogen and oxygen atoms in total. The van der Waals surface area contributed by atoms with E-state index in [1.807, 2.05) is 31.2 Å². The number of para-hydroxylation sites is 2. The van der Waals surface area contributed by atoms with Crippen LogP contribution in [0.25, 0.3) is 0 Å². The molecule has 5 rings (SSSR count). The van der Waals surface area contributed by atoms with E-state index < -0.39 is 13.8 Å². The van der Waals surface area contributed by atoms with Gasteiger partial charge in [-0.15, -0.1) is 0 Å². The molecule has 0 saturated heterocycles. The van der Waals surface area contributed by atoms with Gasteiger partial charge in [0.15, 0.2) is 0 Å². The summed E-state index contributed by atoms with van der Waals surface area (Å²) in [5, 5.41) is 0. The van der Waals surface area contributed by atoms with E-state index in [1.54, 1.807) is 64.6 Å². The van der Waals surface area contributed by atoms with Gasteiger partial charge in [-0.1, -0.05) is 0 Å². The molecule has 2 amide bonds. The second-order valence-corrected chi connectivity index (χ2v) is 14.7. The van der Waals surface area contributed by atoms with Gasteiger partial charge in [0.05, 0.1) is 0 Å². The van der Waals surface area contributed by atoms with E-state index >= 15 is 0 Å². The predicted octanol–water partition coefficient (Wildman–Crippen LogP) is 2.94. The van der Waals surface area contributed by atoms with Crippen molar-refractivity contribution in [1.29, 1.82) is 0 Å². The van der Waals surface area contributed by atoms with Crippen LogP contribution in [0.1, 0.15) is 26.3 Å². The zero-order valence-corrected chi connectivity index (χ0v) is 21.4. The van der Waals surface area contributed by atoms with Crippen LogP contribution >= 0.6 is 0 Å². The number of fused-ring (bicyclic) bond motifs is 2. The van der Waals surface area contributed by atoms with E-state index in [4.69, 9.17) is 14.9 Å². The number of carbonyl (C=O) groups excluding carboxylic acids is 2. The Morgan fingerprint density at radius 3 is 1.50 bits per heavy atom. The summed E-state index contributed by atoms with van der Waals surface area (Å²) in [6.07, 6.45) is 0. The summed E-state index contributed by atoms with van der Waals surface area (Å²) in [5.41, 5.74) is 1.71. The summed E-state index contributed by atoms with van der Waals surface area (Å²) in [6, 6.07) is 17.8. The van der Waals surface area contributed by atoms with Crippen LogP contribution in [-0.4, -0.2) is 63.6 Å². The summed E-state index contributed by atoms with van der Waals surface area (Å²) in [7, 11) is 6.67. The number of amides is 2. The van der Waals surface area contributed by atoms with Crippen molar-refractivity contribution >= 4 is 30.0 Å². The topological polar surface area (TPSA) is 77.5 Å². The first-order valence-corrected chi connectivity index (χ1v) is 14.7. The van der Waals surface area contributed by atoms with Crippen molar-refractivity contribution in [2.45, 2.75) is 6.92 Å². The Hall–Kier alpha value is -3.64. The summed E-state index contributed by atoms with van der Waals surface area (Å²) >= 11 is -5.34. The molecule has 2 heterocycles. The van der Waals surface area contributed by atoms with Gasteiger partial charge in [0, 0.05) is 0 Å². The van der Waals surface area contributed by atoms with E-state index in [9.17, 15) is 9.59 Å². The molecule has 0 aromatic heterocycles. The van der Waals surface area contributed by atoms with Crippen molar-refractivity contribution in [3.05, 3.63) is 77.4 Å². The van der Waals surface area contributed by atoms with Gasteiger partial charge >= 0.3 is 200 Å². The maximum absolute atomic E-state index is 12.9. The molecule has 2 aliphatic heterocycles. The van der Waals surface area contributed by atoms with Crippen LogP contribution in [0.2, 0.25) is 0 Å². The van der Waals surface area contributed by atoms with Crippen molar-refractivity contribution in [2.24, 2.45) is 0 Å². The molecule has 0 atom stereocenters. The van der Waals surface area contributed by atoms with Gasteiger partial charge < -0.3 is 0 Å². The van der Waals surface area contributed by atoms with E-state index in [-0.39, 0.29) is 23.3 Å². The van der Waals surface area contributed by atoms with Crippen molar-refractivity contribution in [1.82, 2.24) is 9.80 Å². The van der Waals surface area contributed by atoms with Crippen molar-refractivity contribution in [3.63, 3.8) is 0 Å². The van der Waals surface area contributed by atoms with Gasteiger partial charge in [-0.2, -0.15) is 0 Å². The Bertz CT molecular complexity index is 1260. The van der Waals surface area contributed by atoms with Crippen LogP contribution in [-0.2, 0) is 0 Å². The van der Waals surface area contributed by atoms with Crippen LogP contribution in [0.3, 0.4) is 0 Å². The predicted molar refractivity (Wildman–Crippen MR) is 128 cm³/mol. The van der Waals surface area contributed by atoms with Gasteiger partial charge in [-0.05, 0) is 0 Å². The van der Waals surface area contributed by atoms with E-state index in [0.29, 0.717) is 27.0 Å². The van der Waals surface area contributed by atoms with Gasteiger partial charge in [-0.25, -0.2) is 0 Å². The van der Waals surface area contributed by atoms with Gasteiger partial charge in [0.2, 0.25) is 0 Å². The van der Waals surface area contributed by atoms with Gasteiger partial charge in [-0.3, -0.25) is 0 Å². The minimum absolute atomic E-state index is 0.239. The second-order valence-electron chi connectivity index (χ2n) is 8.68. The fourth-order valence-electron chi connectivity index (χ4n) is 3.95. The Kier molecular flexibility index (Phi) is 4.85. The Labute approximate surface area is 199 Å². The standard InChI is InChI=1S/C25H25AsN2O6/c1-16-12-14-17(15-13-16)26(31-20-10-6-8-18(22(20)33-26)24(29)27(2)3)32-21-11-7-9-19(23(21)34-26)25(30)28(4)5/h6-15H,1-5H3. The van der Waals surface area contributed by atoms with Crippen LogP contribution in [0.4, 0.5) is 0 Å². The Morgan fingerprint density at radius 1 is 0.647 bits per heavy atom. The number of nitrogens with zero attached hydrogens (tertiary/aromatic N) is 2. The summed E-state index contributed by atoms with van der Waals surface area (Å²) in [4.78, 5) is 28.7. The summed E-state index contributed by atoms with van der Waals surface area (Å²) in [5.74, 6) is 0.760. The number of benzene rings is 3. The van der Waals surface area contributed by atoms with Crippen LogP contribution in [0.5, 0.6) is 23.0 Å². The molecule has 1 spiro atoms. The number of aryl methyl sites for hydroxylation is 1. The Balaban J connectivity index is 1.72. The first-order chi connectivity index (χ1) is 16.1. The summed E-state index contributed by atoms with van der Waals surface area (Å²) in [6.45, 7) is 1.97. The van der Waals surface area contributed by atoms with Gasteiger partial charge in [0.25, 0.3) is 0 Å². The van der Waals surface area contributed by atoms with E-state index in [1.165, 1.54) is 9.80 Å². The molecule has 3 aromatic carbocycles. The monoisotopic (exact) mass is 524 g/mol. The molecular weight excluding hydrogens is 499 g/mol. The molecular formula is C25H25AsN2O6. The number of carbonyl (C=O) groups is 2. The number of rotatable bonds is 3. The molecule has 0 bridgehead atoms. The third kappa shape index (κ3) is 3.13. The zero-order valence-electron chi connectivity index (χ0n) is 19.6. The fraction of sp³-hybridized carbons (Fsp3) is 0.200. The van der Waals surface area contributed by atoms with E-state index in [2.05, 4.69) is 0 Å². The van der Waals surface area contributed by atoms with Crippen LogP contribution < -0.4 is 19.3 Å². The average Bonchev–Trinajstić information content (AvgIpc) is 3.33. The molecule has 0 N–H and O–H groups in total. The Morgan fingerprint density at radius 2 is 1.09 bits per heavy atom. The molecule has 0 saturated carbocycles.